The van der Waals surface area contributed by atoms with Crippen molar-refractivity contribution in [3.05, 3.63) is 28.7 Å². The Morgan fingerprint density at radius 1 is 1.55 bits per heavy atom. The molecule has 0 saturated carbocycles. The first-order valence-corrected chi connectivity index (χ1v) is 3.92. The molecule has 0 radical (unpaired) electrons. The third-order valence-electron chi connectivity index (χ3n) is 1.35. The van der Waals surface area contributed by atoms with E-state index in [1.54, 1.807) is 7.05 Å². The van der Waals surface area contributed by atoms with Crippen molar-refractivity contribution in [2.45, 2.75) is 0 Å². The van der Waals surface area contributed by atoms with Crippen molar-refractivity contribution in [1.82, 2.24) is 0 Å². The molecule has 0 saturated heterocycles. The summed E-state index contributed by atoms with van der Waals surface area (Å²) < 4.78 is 0.983. The largest absolute Gasteiger partial charge is 0.283 e. The summed E-state index contributed by atoms with van der Waals surface area (Å²) in [6, 6.07) is 7.60. The van der Waals surface area contributed by atoms with Crippen molar-refractivity contribution in [2.24, 2.45) is 0 Å². The lowest BCUT2D eigenvalue weighted by atomic mass is 10.3. The molecule has 0 N–H and O–H groups in total. The standard InChI is InChI=1S/C8H7BrN2/c1-11(6-10)8-4-2-3-7(9)5-8/h2-5H,1H3. The molecule has 0 amide bonds. The molecule has 0 spiro atoms. The smallest absolute Gasteiger partial charge is 0.183 e. The average Bonchev–Trinajstić information content (AvgIpc) is 2.03. The fourth-order valence-electron chi connectivity index (χ4n) is 0.742. The summed E-state index contributed by atoms with van der Waals surface area (Å²) in [4.78, 5) is 1.50. The Labute approximate surface area is 74.2 Å². The second kappa shape index (κ2) is 3.40. The number of nitriles is 1. The van der Waals surface area contributed by atoms with Crippen LogP contribution in [0.5, 0.6) is 0 Å². The van der Waals surface area contributed by atoms with Gasteiger partial charge in [-0.25, -0.2) is 0 Å². The summed E-state index contributed by atoms with van der Waals surface area (Å²) in [5.41, 5.74) is 0.891. The minimum Gasteiger partial charge on any atom is -0.283 e. The maximum Gasteiger partial charge on any atom is 0.183 e. The molecule has 0 atom stereocenters. The highest BCUT2D eigenvalue weighted by molar-refractivity contribution is 9.10. The molecule has 0 aromatic heterocycles. The van der Waals surface area contributed by atoms with Gasteiger partial charge in [0.15, 0.2) is 6.19 Å². The maximum atomic E-state index is 8.54. The van der Waals surface area contributed by atoms with Crippen molar-refractivity contribution in [2.75, 3.05) is 11.9 Å². The van der Waals surface area contributed by atoms with Crippen molar-refractivity contribution < 1.29 is 0 Å². The third kappa shape index (κ3) is 1.95. The SMILES string of the molecule is CN(C#N)c1cccc(Br)c1. The molecule has 0 unspecified atom stereocenters. The topological polar surface area (TPSA) is 27.0 Å². The second-order valence-electron chi connectivity index (χ2n) is 2.14. The monoisotopic (exact) mass is 210 g/mol. The molecule has 0 heterocycles. The van der Waals surface area contributed by atoms with E-state index in [2.05, 4.69) is 15.9 Å². The van der Waals surface area contributed by atoms with Crippen LogP contribution < -0.4 is 4.90 Å². The first-order valence-electron chi connectivity index (χ1n) is 3.13. The van der Waals surface area contributed by atoms with Crippen LogP contribution in [0.1, 0.15) is 0 Å². The van der Waals surface area contributed by atoms with E-state index in [-0.39, 0.29) is 0 Å². The van der Waals surface area contributed by atoms with Gasteiger partial charge < -0.3 is 0 Å². The average molecular weight is 211 g/mol. The number of anilines is 1. The van der Waals surface area contributed by atoms with Gasteiger partial charge in [0, 0.05) is 11.5 Å². The first-order chi connectivity index (χ1) is 5.24. The highest BCUT2D eigenvalue weighted by Gasteiger charge is 1.97. The van der Waals surface area contributed by atoms with Gasteiger partial charge in [0.1, 0.15) is 0 Å². The lowest BCUT2D eigenvalue weighted by molar-refractivity contribution is 1.20. The van der Waals surface area contributed by atoms with Crippen molar-refractivity contribution in [3.63, 3.8) is 0 Å². The maximum absolute atomic E-state index is 8.54. The summed E-state index contributed by atoms with van der Waals surface area (Å²) in [5, 5.41) is 8.54. The van der Waals surface area contributed by atoms with Crippen molar-refractivity contribution in [1.29, 1.82) is 5.26 Å². The number of rotatable bonds is 1. The van der Waals surface area contributed by atoms with Gasteiger partial charge in [-0.15, -0.1) is 0 Å². The molecule has 1 aromatic carbocycles. The van der Waals surface area contributed by atoms with E-state index in [4.69, 9.17) is 5.26 Å². The summed E-state index contributed by atoms with van der Waals surface area (Å²) in [6.45, 7) is 0. The van der Waals surface area contributed by atoms with Crippen LogP contribution in [-0.4, -0.2) is 7.05 Å². The van der Waals surface area contributed by atoms with Crippen LogP contribution in [0.25, 0.3) is 0 Å². The number of hydrogen-bond donors (Lipinski definition) is 0. The predicted octanol–water partition coefficient (Wildman–Crippen LogP) is 2.37. The molecule has 0 aliphatic carbocycles. The van der Waals surface area contributed by atoms with Gasteiger partial charge in [-0.1, -0.05) is 22.0 Å². The normalized spacial score (nSPS) is 8.82. The molecule has 0 bridgehead atoms. The van der Waals surface area contributed by atoms with Gasteiger partial charge in [-0.05, 0) is 18.2 Å². The molecule has 1 rings (SSSR count). The quantitative estimate of drug-likeness (QED) is 0.526. The molecule has 1 aromatic rings. The fraction of sp³-hybridized carbons (Fsp3) is 0.125. The Kier molecular flexibility index (Phi) is 2.50. The minimum absolute atomic E-state index is 0.891. The molecule has 56 valence electrons. The summed E-state index contributed by atoms with van der Waals surface area (Å²) in [6.07, 6.45) is 2.02. The first kappa shape index (κ1) is 8.09. The Morgan fingerprint density at radius 3 is 2.82 bits per heavy atom. The van der Waals surface area contributed by atoms with Crippen LogP contribution in [0.15, 0.2) is 28.7 Å². The molecule has 11 heavy (non-hydrogen) atoms. The van der Waals surface area contributed by atoms with Crippen molar-refractivity contribution in [3.8, 4) is 6.19 Å². The van der Waals surface area contributed by atoms with Gasteiger partial charge in [-0.2, -0.15) is 5.26 Å². The van der Waals surface area contributed by atoms with E-state index in [9.17, 15) is 0 Å². The Balaban J connectivity index is 2.98. The summed E-state index contributed by atoms with van der Waals surface area (Å²) >= 11 is 3.32. The number of nitrogens with zero attached hydrogens (tertiary/aromatic N) is 2. The lowest BCUT2D eigenvalue weighted by Gasteiger charge is -2.07. The fourth-order valence-corrected chi connectivity index (χ4v) is 1.13. The van der Waals surface area contributed by atoms with E-state index in [1.165, 1.54) is 4.90 Å². The molecule has 0 fully saturated rings. The summed E-state index contributed by atoms with van der Waals surface area (Å²) in [7, 11) is 1.72. The Morgan fingerprint density at radius 2 is 2.27 bits per heavy atom. The summed E-state index contributed by atoms with van der Waals surface area (Å²) in [5.74, 6) is 0. The highest BCUT2D eigenvalue weighted by atomic mass is 79.9. The van der Waals surface area contributed by atoms with Crippen LogP contribution >= 0.6 is 15.9 Å². The lowest BCUT2D eigenvalue weighted by Crippen LogP contribution is -2.07. The number of benzene rings is 1. The zero-order valence-corrected chi connectivity index (χ0v) is 7.67. The zero-order chi connectivity index (χ0) is 8.27. The van der Waals surface area contributed by atoms with Crippen LogP contribution in [0, 0.1) is 11.5 Å². The van der Waals surface area contributed by atoms with Crippen LogP contribution in [-0.2, 0) is 0 Å². The molecular weight excluding hydrogens is 204 g/mol. The highest BCUT2D eigenvalue weighted by Crippen LogP contribution is 2.17. The molecule has 0 aliphatic heterocycles. The Hall–Kier alpha value is -1.01. The second-order valence-corrected chi connectivity index (χ2v) is 3.05. The van der Waals surface area contributed by atoms with Crippen LogP contribution in [0.2, 0.25) is 0 Å². The van der Waals surface area contributed by atoms with Gasteiger partial charge in [-0.3, -0.25) is 4.90 Å². The van der Waals surface area contributed by atoms with Crippen LogP contribution in [0.3, 0.4) is 0 Å². The van der Waals surface area contributed by atoms with Crippen LogP contribution in [0.4, 0.5) is 5.69 Å². The van der Waals surface area contributed by atoms with E-state index < -0.39 is 0 Å². The predicted molar refractivity (Wildman–Crippen MR) is 48.2 cm³/mol. The number of hydrogen-bond acceptors (Lipinski definition) is 2. The van der Waals surface area contributed by atoms with Crippen molar-refractivity contribution >= 4 is 21.6 Å². The van der Waals surface area contributed by atoms with E-state index in [1.807, 2.05) is 30.5 Å². The number of halogens is 1. The molecule has 0 aliphatic rings. The molecule has 3 heteroatoms. The van der Waals surface area contributed by atoms with Gasteiger partial charge in [0.25, 0.3) is 0 Å². The van der Waals surface area contributed by atoms with Gasteiger partial charge >= 0.3 is 0 Å². The molecular formula is C8H7BrN2. The Bertz CT molecular complexity index is 290. The van der Waals surface area contributed by atoms with E-state index in [0.717, 1.165) is 10.2 Å². The zero-order valence-electron chi connectivity index (χ0n) is 6.08. The van der Waals surface area contributed by atoms with E-state index in [0.29, 0.717) is 0 Å². The van der Waals surface area contributed by atoms with Gasteiger partial charge in [0.05, 0.1) is 5.69 Å². The van der Waals surface area contributed by atoms with E-state index >= 15 is 0 Å². The third-order valence-corrected chi connectivity index (χ3v) is 1.84. The minimum atomic E-state index is 0.891. The van der Waals surface area contributed by atoms with Gasteiger partial charge in [0.2, 0.25) is 0 Å². The molecule has 2 nitrogen and oxygen atoms in total.